The molecule has 0 saturated carbocycles. The van der Waals surface area contributed by atoms with Gasteiger partial charge >= 0.3 is 0 Å². The van der Waals surface area contributed by atoms with E-state index in [2.05, 4.69) is 32.6 Å². The Bertz CT molecular complexity index is 1240. The molecule has 1 aliphatic rings. The zero-order valence-electron chi connectivity index (χ0n) is 12.7. The molecule has 0 atom stereocenters. The highest BCUT2D eigenvalue weighted by Gasteiger charge is 2.28. The van der Waals surface area contributed by atoms with Crippen LogP contribution in [0.4, 0.5) is 0 Å². The van der Waals surface area contributed by atoms with Gasteiger partial charge in [0.15, 0.2) is 5.82 Å². The molecule has 5 rings (SSSR count). The topological polar surface area (TPSA) is 68.0 Å². The Morgan fingerprint density at radius 2 is 2.00 bits per heavy atom. The molecule has 0 bridgehead atoms. The number of fused-ring (bicyclic) bond motifs is 4. The molecule has 1 N–H and O–H groups in total. The van der Waals surface area contributed by atoms with Gasteiger partial charge in [0, 0.05) is 3.57 Å². The second kappa shape index (κ2) is 5.37. The molecule has 25 heavy (non-hydrogen) atoms. The van der Waals surface area contributed by atoms with Crippen molar-refractivity contribution >= 4 is 60.6 Å². The molecule has 5 nitrogen and oxygen atoms in total. The number of allylic oxidation sites excluding steroid dienone is 1. The zero-order chi connectivity index (χ0) is 17.1. The van der Waals surface area contributed by atoms with E-state index in [9.17, 15) is 9.90 Å². The Morgan fingerprint density at radius 3 is 2.84 bits per heavy atom. The van der Waals surface area contributed by atoms with Crippen LogP contribution in [-0.4, -0.2) is 19.6 Å². The molecule has 2 aromatic carbocycles. The predicted octanol–water partition coefficient (Wildman–Crippen LogP) is 3.94. The third-order valence-corrected chi connectivity index (χ3v) is 6.00. The van der Waals surface area contributed by atoms with Gasteiger partial charge in [0.05, 0.1) is 33.2 Å². The van der Waals surface area contributed by atoms with Gasteiger partial charge in [-0.15, -0.1) is 11.3 Å². The van der Waals surface area contributed by atoms with Gasteiger partial charge in [-0.05, 0) is 52.9 Å². The summed E-state index contributed by atoms with van der Waals surface area (Å²) in [7, 11) is 0. The number of aliphatic hydroxyl groups excluding tert-OH is 1. The lowest BCUT2D eigenvalue weighted by molar-refractivity contribution is 0.389. The van der Waals surface area contributed by atoms with Gasteiger partial charge in [0.1, 0.15) is 10.8 Å². The van der Waals surface area contributed by atoms with Gasteiger partial charge in [0.2, 0.25) is 0 Å². The molecule has 2 aromatic heterocycles. The maximum absolute atomic E-state index is 12.5. The quantitative estimate of drug-likeness (QED) is 0.438. The van der Waals surface area contributed by atoms with Crippen LogP contribution in [0.15, 0.2) is 53.0 Å². The molecule has 0 aliphatic carbocycles. The summed E-state index contributed by atoms with van der Waals surface area (Å²) in [6.45, 7) is 0.297. The number of para-hydroxylation sites is 1. The first-order valence-corrected chi connectivity index (χ1v) is 9.50. The molecule has 0 fully saturated rings. The molecular formula is C18H10IN3O2S. The fourth-order valence-electron chi connectivity index (χ4n) is 3.15. The first-order valence-electron chi connectivity index (χ1n) is 7.60. The molecule has 0 saturated heterocycles. The summed E-state index contributed by atoms with van der Waals surface area (Å²) in [5, 5.41) is 11.8. The molecule has 122 valence electrons. The SMILES string of the molecule is O=c1nc2n(c3ccc(I)cc13)CC(O)=C2c1nc2ccccc2s1. The maximum atomic E-state index is 12.5. The van der Waals surface area contributed by atoms with Crippen LogP contribution in [0.3, 0.4) is 0 Å². The van der Waals surface area contributed by atoms with Gasteiger partial charge < -0.3 is 9.67 Å². The Labute approximate surface area is 159 Å². The largest absolute Gasteiger partial charge is 0.510 e. The number of thiazole rings is 1. The van der Waals surface area contributed by atoms with Crippen molar-refractivity contribution in [2.75, 3.05) is 0 Å². The summed E-state index contributed by atoms with van der Waals surface area (Å²) in [5.74, 6) is 0.673. The van der Waals surface area contributed by atoms with E-state index < -0.39 is 0 Å². The molecule has 0 radical (unpaired) electrons. The number of rotatable bonds is 1. The minimum Gasteiger partial charge on any atom is -0.510 e. The Balaban J connectivity index is 1.79. The van der Waals surface area contributed by atoms with Crippen LogP contribution in [0.25, 0.3) is 26.7 Å². The van der Waals surface area contributed by atoms with E-state index in [1.807, 2.05) is 47.0 Å². The average Bonchev–Trinajstić information content (AvgIpc) is 3.15. The first-order chi connectivity index (χ1) is 12.1. The van der Waals surface area contributed by atoms with E-state index in [1.54, 1.807) is 0 Å². The monoisotopic (exact) mass is 459 g/mol. The van der Waals surface area contributed by atoms with Crippen molar-refractivity contribution in [1.82, 2.24) is 14.5 Å². The summed E-state index contributed by atoms with van der Waals surface area (Å²) < 4.78 is 3.89. The van der Waals surface area contributed by atoms with Gasteiger partial charge in [-0.1, -0.05) is 12.1 Å². The van der Waals surface area contributed by atoms with Crippen LogP contribution in [0, 0.1) is 3.57 Å². The summed E-state index contributed by atoms with van der Waals surface area (Å²) in [5.41, 5.74) is 1.92. The van der Waals surface area contributed by atoms with Crippen LogP contribution < -0.4 is 5.56 Å². The fraction of sp³-hybridized carbons (Fsp3) is 0.0556. The highest BCUT2D eigenvalue weighted by atomic mass is 127. The summed E-state index contributed by atoms with van der Waals surface area (Å²) in [4.78, 5) is 21.4. The van der Waals surface area contributed by atoms with Crippen molar-refractivity contribution in [2.45, 2.75) is 6.54 Å². The third-order valence-electron chi connectivity index (χ3n) is 4.27. The van der Waals surface area contributed by atoms with Crippen LogP contribution >= 0.6 is 33.9 Å². The summed E-state index contributed by atoms with van der Waals surface area (Å²) in [6, 6.07) is 13.5. The van der Waals surface area contributed by atoms with Crippen molar-refractivity contribution in [3.8, 4) is 0 Å². The Kier molecular flexibility index (Phi) is 3.23. The standard InChI is InChI=1S/C18H10IN3O2S/c19-9-5-6-12-10(7-9)17(24)21-16-15(13(23)8-22(12)16)18-20-11-3-1-2-4-14(11)25-18/h1-7,23H,8H2. The minimum absolute atomic E-state index is 0.192. The number of hydrogen-bond donors (Lipinski definition) is 1. The van der Waals surface area contributed by atoms with Crippen LogP contribution in [0.2, 0.25) is 0 Å². The molecule has 3 heterocycles. The number of halogens is 1. The first kappa shape index (κ1) is 15.0. The van der Waals surface area contributed by atoms with E-state index in [1.165, 1.54) is 11.3 Å². The maximum Gasteiger partial charge on any atom is 0.281 e. The highest BCUT2D eigenvalue weighted by Crippen LogP contribution is 2.36. The second-order valence-corrected chi connectivity index (χ2v) is 8.07. The predicted molar refractivity (Wildman–Crippen MR) is 107 cm³/mol. The molecule has 1 aliphatic heterocycles. The van der Waals surface area contributed by atoms with Crippen LogP contribution in [-0.2, 0) is 6.54 Å². The highest BCUT2D eigenvalue weighted by molar-refractivity contribution is 14.1. The van der Waals surface area contributed by atoms with Gasteiger partial charge in [-0.2, -0.15) is 4.98 Å². The van der Waals surface area contributed by atoms with Gasteiger partial charge in [-0.3, -0.25) is 4.79 Å². The summed E-state index contributed by atoms with van der Waals surface area (Å²) >= 11 is 3.66. The fourth-order valence-corrected chi connectivity index (χ4v) is 4.67. The van der Waals surface area contributed by atoms with Gasteiger partial charge in [-0.25, -0.2) is 4.98 Å². The Hall–Kier alpha value is -2.26. The van der Waals surface area contributed by atoms with Crippen molar-refractivity contribution < 1.29 is 5.11 Å². The molecule has 0 amide bonds. The van der Waals surface area contributed by atoms with E-state index in [0.29, 0.717) is 28.3 Å². The van der Waals surface area contributed by atoms with Crippen LogP contribution in [0.5, 0.6) is 0 Å². The summed E-state index contributed by atoms with van der Waals surface area (Å²) in [6.07, 6.45) is 0. The second-order valence-electron chi connectivity index (χ2n) is 5.80. The van der Waals surface area contributed by atoms with Crippen molar-refractivity contribution in [3.63, 3.8) is 0 Å². The number of benzene rings is 2. The van der Waals surface area contributed by atoms with E-state index >= 15 is 0 Å². The number of aliphatic hydroxyl groups is 1. The third kappa shape index (κ3) is 2.22. The Morgan fingerprint density at radius 1 is 1.16 bits per heavy atom. The van der Waals surface area contributed by atoms with Crippen molar-refractivity contribution in [1.29, 1.82) is 0 Å². The van der Waals surface area contributed by atoms with E-state index in [4.69, 9.17) is 0 Å². The van der Waals surface area contributed by atoms with Crippen LogP contribution in [0.1, 0.15) is 10.8 Å². The lowest BCUT2D eigenvalue weighted by Crippen LogP contribution is -2.15. The normalized spacial score (nSPS) is 13.8. The molecule has 0 spiro atoms. The molecule has 7 heteroatoms. The van der Waals surface area contributed by atoms with Crippen molar-refractivity contribution in [2.24, 2.45) is 0 Å². The van der Waals surface area contributed by atoms with E-state index in [0.717, 1.165) is 19.3 Å². The van der Waals surface area contributed by atoms with Crippen molar-refractivity contribution in [3.05, 3.63) is 73.0 Å². The average molecular weight is 459 g/mol. The smallest absolute Gasteiger partial charge is 0.281 e. The number of aromatic nitrogens is 3. The van der Waals surface area contributed by atoms with Gasteiger partial charge in [0.25, 0.3) is 5.56 Å². The number of hydrogen-bond acceptors (Lipinski definition) is 5. The number of nitrogens with zero attached hydrogens (tertiary/aromatic N) is 3. The van der Waals surface area contributed by atoms with E-state index in [-0.39, 0.29) is 11.3 Å². The zero-order valence-corrected chi connectivity index (χ0v) is 15.7. The molecule has 4 aromatic rings. The lowest BCUT2D eigenvalue weighted by atomic mass is 10.2. The molecule has 0 unspecified atom stereocenters. The lowest BCUT2D eigenvalue weighted by Gasteiger charge is -2.09. The minimum atomic E-state index is -0.284. The molecular weight excluding hydrogens is 449 g/mol.